The fourth-order valence-corrected chi connectivity index (χ4v) is 2.90. The van der Waals surface area contributed by atoms with Crippen LogP contribution in [0.3, 0.4) is 0 Å². The van der Waals surface area contributed by atoms with Crippen LogP contribution < -0.4 is 10.6 Å². The van der Waals surface area contributed by atoms with E-state index in [1.807, 2.05) is 0 Å². The molecule has 1 saturated heterocycles. The van der Waals surface area contributed by atoms with Crippen molar-refractivity contribution in [3.05, 3.63) is 16.1 Å². The molecule has 1 aromatic heterocycles. The van der Waals surface area contributed by atoms with E-state index in [0.717, 1.165) is 16.3 Å². The SMILES string of the molecule is CC(C)Cc1nc(C(=O)NCCN2C(=O)CNC2=O)cs1. The lowest BCUT2D eigenvalue weighted by Gasteiger charge is -2.12. The predicted molar refractivity (Wildman–Crippen MR) is 78.1 cm³/mol. The van der Waals surface area contributed by atoms with Crippen LogP contribution in [-0.4, -0.2) is 47.4 Å². The second-order valence-electron chi connectivity index (χ2n) is 5.18. The van der Waals surface area contributed by atoms with Crippen LogP contribution in [0.2, 0.25) is 0 Å². The minimum Gasteiger partial charge on any atom is -0.349 e. The summed E-state index contributed by atoms with van der Waals surface area (Å²) in [5.74, 6) is -0.0674. The first-order valence-corrected chi connectivity index (χ1v) is 7.66. The molecular weight excluding hydrogens is 292 g/mol. The van der Waals surface area contributed by atoms with Crippen LogP contribution in [0.15, 0.2) is 5.38 Å². The van der Waals surface area contributed by atoms with Crippen molar-refractivity contribution in [2.24, 2.45) is 5.92 Å². The van der Waals surface area contributed by atoms with E-state index in [-0.39, 0.29) is 31.4 Å². The topological polar surface area (TPSA) is 91.4 Å². The number of hydrogen-bond acceptors (Lipinski definition) is 5. The van der Waals surface area contributed by atoms with Gasteiger partial charge < -0.3 is 10.6 Å². The van der Waals surface area contributed by atoms with Crippen molar-refractivity contribution in [3.8, 4) is 0 Å². The molecule has 1 fully saturated rings. The summed E-state index contributed by atoms with van der Waals surface area (Å²) in [5, 5.41) is 7.75. The quantitative estimate of drug-likeness (QED) is 0.754. The van der Waals surface area contributed by atoms with E-state index in [1.165, 1.54) is 11.3 Å². The van der Waals surface area contributed by atoms with E-state index < -0.39 is 6.03 Å². The molecule has 7 nitrogen and oxygen atoms in total. The van der Waals surface area contributed by atoms with Crippen LogP contribution in [-0.2, 0) is 11.2 Å². The zero-order chi connectivity index (χ0) is 15.4. The minimum absolute atomic E-state index is 0.0252. The van der Waals surface area contributed by atoms with Crippen LogP contribution in [0.1, 0.15) is 29.3 Å². The summed E-state index contributed by atoms with van der Waals surface area (Å²) in [4.78, 5) is 39.9. The first kappa shape index (κ1) is 15.4. The zero-order valence-electron chi connectivity index (χ0n) is 12.0. The highest BCUT2D eigenvalue weighted by atomic mass is 32.1. The molecule has 0 saturated carbocycles. The number of carbonyl (C=O) groups is 3. The van der Waals surface area contributed by atoms with Crippen molar-refractivity contribution in [2.75, 3.05) is 19.6 Å². The number of nitrogens with one attached hydrogen (secondary N) is 2. The average molecular weight is 310 g/mol. The largest absolute Gasteiger partial charge is 0.349 e. The van der Waals surface area contributed by atoms with Gasteiger partial charge in [-0.2, -0.15) is 0 Å². The van der Waals surface area contributed by atoms with Crippen LogP contribution in [0.25, 0.3) is 0 Å². The van der Waals surface area contributed by atoms with Crippen molar-refractivity contribution in [1.29, 1.82) is 0 Å². The average Bonchev–Trinajstić information content (AvgIpc) is 2.99. The molecule has 0 bridgehead atoms. The van der Waals surface area contributed by atoms with Gasteiger partial charge in [0, 0.05) is 24.9 Å². The molecule has 1 aromatic rings. The number of nitrogens with zero attached hydrogens (tertiary/aromatic N) is 2. The fraction of sp³-hybridized carbons (Fsp3) is 0.538. The molecule has 21 heavy (non-hydrogen) atoms. The number of aromatic nitrogens is 1. The Labute approximate surface area is 126 Å². The van der Waals surface area contributed by atoms with E-state index in [1.54, 1.807) is 5.38 Å². The van der Waals surface area contributed by atoms with Gasteiger partial charge in [-0.15, -0.1) is 11.3 Å². The van der Waals surface area contributed by atoms with Crippen molar-refractivity contribution in [3.63, 3.8) is 0 Å². The highest BCUT2D eigenvalue weighted by molar-refractivity contribution is 7.09. The van der Waals surface area contributed by atoms with E-state index in [4.69, 9.17) is 0 Å². The summed E-state index contributed by atoms with van der Waals surface area (Å²) in [6, 6.07) is -0.415. The Balaban J connectivity index is 1.80. The normalized spacial score (nSPS) is 14.7. The molecule has 4 amide bonds. The Hall–Kier alpha value is -1.96. The van der Waals surface area contributed by atoms with Gasteiger partial charge in [-0.3, -0.25) is 14.5 Å². The fourth-order valence-electron chi connectivity index (χ4n) is 1.91. The number of amides is 4. The first-order valence-electron chi connectivity index (χ1n) is 6.78. The maximum absolute atomic E-state index is 11.9. The van der Waals surface area contributed by atoms with Gasteiger partial charge in [0.1, 0.15) is 5.69 Å². The highest BCUT2D eigenvalue weighted by Crippen LogP contribution is 2.14. The molecule has 2 rings (SSSR count). The molecule has 0 aliphatic carbocycles. The lowest BCUT2D eigenvalue weighted by atomic mass is 10.1. The standard InChI is InChI=1S/C13H18N4O3S/c1-8(2)5-10-16-9(7-21-10)12(19)14-3-4-17-11(18)6-15-13(17)20/h7-8H,3-6H2,1-2H3,(H,14,19)(H,15,20). The molecular formula is C13H18N4O3S. The van der Waals surface area contributed by atoms with Gasteiger partial charge in [-0.05, 0) is 5.92 Å². The predicted octanol–water partition coefficient (Wildman–Crippen LogP) is 0.623. The maximum Gasteiger partial charge on any atom is 0.324 e. The van der Waals surface area contributed by atoms with E-state index in [0.29, 0.717) is 11.6 Å². The van der Waals surface area contributed by atoms with Crippen LogP contribution >= 0.6 is 11.3 Å². The van der Waals surface area contributed by atoms with Gasteiger partial charge in [-0.1, -0.05) is 13.8 Å². The minimum atomic E-state index is -0.415. The smallest absolute Gasteiger partial charge is 0.324 e. The van der Waals surface area contributed by atoms with Gasteiger partial charge in [0.25, 0.3) is 5.91 Å². The van der Waals surface area contributed by atoms with E-state index >= 15 is 0 Å². The third-order valence-electron chi connectivity index (χ3n) is 2.93. The van der Waals surface area contributed by atoms with Crippen LogP contribution in [0, 0.1) is 5.92 Å². The lowest BCUT2D eigenvalue weighted by molar-refractivity contribution is -0.124. The van der Waals surface area contributed by atoms with Crippen molar-refractivity contribution >= 4 is 29.2 Å². The third-order valence-corrected chi connectivity index (χ3v) is 3.80. The molecule has 0 unspecified atom stereocenters. The van der Waals surface area contributed by atoms with Crippen LogP contribution in [0.4, 0.5) is 4.79 Å². The van der Waals surface area contributed by atoms with Crippen molar-refractivity contribution in [1.82, 2.24) is 20.5 Å². The summed E-state index contributed by atoms with van der Waals surface area (Å²) in [6.07, 6.45) is 0.848. The molecule has 2 heterocycles. The Kier molecular flexibility index (Phi) is 4.89. The number of imide groups is 1. The molecule has 114 valence electrons. The molecule has 0 radical (unpaired) electrons. The first-order chi connectivity index (χ1) is 9.97. The molecule has 8 heteroatoms. The maximum atomic E-state index is 11.9. The summed E-state index contributed by atoms with van der Waals surface area (Å²) in [5.41, 5.74) is 0.382. The number of rotatable bonds is 6. The Morgan fingerprint density at radius 3 is 2.90 bits per heavy atom. The Bertz CT molecular complexity index is 539. The molecule has 0 aromatic carbocycles. The summed E-state index contributed by atoms with van der Waals surface area (Å²) < 4.78 is 0. The summed E-state index contributed by atoms with van der Waals surface area (Å²) in [7, 11) is 0. The van der Waals surface area contributed by atoms with Gasteiger partial charge in [0.2, 0.25) is 5.91 Å². The molecule has 0 atom stereocenters. The number of urea groups is 1. The summed E-state index contributed by atoms with van der Waals surface area (Å²) >= 11 is 1.47. The summed E-state index contributed by atoms with van der Waals surface area (Å²) in [6.45, 7) is 4.60. The van der Waals surface area contributed by atoms with Crippen LogP contribution in [0.5, 0.6) is 0 Å². The molecule has 1 aliphatic rings. The number of thiazole rings is 1. The van der Waals surface area contributed by atoms with Crippen molar-refractivity contribution in [2.45, 2.75) is 20.3 Å². The molecule has 1 aliphatic heterocycles. The lowest BCUT2D eigenvalue weighted by Crippen LogP contribution is -2.38. The highest BCUT2D eigenvalue weighted by Gasteiger charge is 2.27. The Morgan fingerprint density at radius 1 is 1.52 bits per heavy atom. The molecule has 2 N–H and O–H groups in total. The van der Waals surface area contributed by atoms with Gasteiger partial charge in [0.15, 0.2) is 0 Å². The van der Waals surface area contributed by atoms with Gasteiger partial charge >= 0.3 is 6.03 Å². The van der Waals surface area contributed by atoms with Gasteiger partial charge in [0.05, 0.1) is 11.6 Å². The number of carbonyl (C=O) groups excluding carboxylic acids is 3. The van der Waals surface area contributed by atoms with E-state index in [9.17, 15) is 14.4 Å². The number of hydrogen-bond donors (Lipinski definition) is 2. The molecule has 0 spiro atoms. The monoisotopic (exact) mass is 310 g/mol. The Morgan fingerprint density at radius 2 is 2.29 bits per heavy atom. The second-order valence-corrected chi connectivity index (χ2v) is 6.13. The second kappa shape index (κ2) is 6.66. The van der Waals surface area contributed by atoms with Gasteiger partial charge in [-0.25, -0.2) is 9.78 Å². The van der Waals surface area contributed by atoms with E-state index in [2.05, 4.69) is 29.5 Å². The van der Waals surface area contributed by atoms with Crippen molar-refractivity contribution < 1.29 is 14.4 Å². The third kappa shape index (κ3) is 4.01. The zero-order valence-corrected chi connectivity index (χ0v) is 12.8.